The minimum absolute atomic E-state index is 0.0990. The van der Waals surface area contributed by atoms with Gasteiger partial charge in [0.15, 0.2) is 0 Å². The fraction of sp³-hybridized carbons (Fsp3) is 1.00. The molecule has 1 saturated heterocycles. The Morgan fingerprint density at radius 3 is 2.17 bits per heavy atom. The lowest BCUT2D eigenvalue weighted by atomic mass is 10.3. The van der Waals surface area contributed by atoms with Gasteiger partial charge in [-0.1, -0.05) is 20.8 Å². The summed E-state index contributed by atoms with van der Waals surface area (Å²) < 4.78 is 0. The Kier molecular flexibility index (Phi) is 7.51. The fourth-order valence-electron chi connectivity index (χ4n) is 1.39. The minimum atomic E-state index is -0.0990. The average Bonchev–Trinajstić information content (AvgIpc) is 2.60. The van der Waals surface area contributed by atoms with Gasteiger partial charge in [0.25, 0.3) is 0 Å². The van der Waals surface area contributed by atoms with Crippen molar-refractivity contribution in [2.45, 2.75) is 46.1 Å². The highest BCUT2D eigenvalue weighted by molar-refractivity contribution is 4.68. The molecule has 0 aromatic rings. The number of nitrogens with zero attached hydrogens (tertiary/aromatic N) is 1. The van der Waals surface area contributed by atoms with Crippen LogP contribution >= 0.6 is 0 Å². The van der Waals surface area contributed by atoms with Gasteiger partial charge in [0, 0.05) is 6.54 Å². The molecule has 0 saturated carbocycles. The second-order valence-corrected chi connectivity index (χ2v) is 3.07. The molecule has 1 fully saturated rings. The largest absolute Gasteiger partial charge is 0.392 e. The molecule has 1 atom stereocenters. The van der Waals surface area contributed by atoms with Crippen LogP contribution in [-0.4, -0.2) is 35.7 Å². The zero-order chi connectivity index (χ0) is 9.40. The highest BCUT2D eigenvalue weighted by Gasteiger charge is 2.13. The SMILES string of the molecule is CC.CCC(O)CN1CCCC1. The van der Waals surface area contributed by atoms with E-state index in [4.69, 9.17) is 0 Å². The Morgan fingerprint density at radius 1 is 1.25 bits per heavy atom. The van der Waals surface area contributed by atoms with Gasteiger partial charge in [-0.3, -0.25) is 0 Å². The van der Waals surface area contributed by atoms with Gasteiger partial charge < -0.3 is 10.0 Å². The summed E-state index contributed by atoms with van der Waals surface area (Å²) in [4.78, 5) is 2.34. The van der Waals surface area contributed by atoms with Gasteiger partial charge >= 0.3 is 0 Å². The molecule has 0 radical (unpaired) electrons. The lowest BCUT2D eigenvalue weighted by Gasteiger charge is -2.17. The van der Waals surface area contributed by atoms with Crippen LogP contribution in [-0.2, 0) is 0 Å². The zero-order valence-electron chi connectivity index (χ0n) is 8.71. The molecular weight excluding hydrogens is 150 g/mol. The van der Waals surface area contributed by atoms with E-state index in [1.165, 1.54) is 25.9 Å². The van der Waals surface area contributed by atoms with Gasteiger partial charge in [-0.2, -0.15) is 0 Å². The van der Waals surface area contributed by atoms with Crippen LogP contribution in [0.4, 0.5) is 0 Å². The van der Waals surface area contributed by atoms with Gasteiger partial charge in [-0.15, -0.1) is 0 Å². The average molecular weight is 173 g/mol. The van der Waals surface area contributed by atoms with Gasteiger partial charge in [0.2, 0.25) is 0 Å². The van der Waals surface area contributed by atoms with Crippen molar-refractivity contribution in [3.8, 4) is 0 Å². The van der Waals surface area contributed by atoms with Crippen LogP contribution in [0.15, 0.2) is 0 Å². The molecule has 1 aliphatic heterocycles. The van der Waals surface area contributed by atoms with Crippen LogP contribution in [0.2, 0.25) is 0 Å². The van der Waals surface area contributed by atoms with E-state index in [-0.39, 0.29) is 6.10 Å². The lowest BCUT2D eigenvalue weighted by molar-refractivity contribution is 0.121. The van der Waals surface area contributed by atoms with Crippen LogP contribution < -0.4 is 0 Å². The van der Waals surface area contributed by atoms with Gasteiger partial charge in [0.05, 0.1) is 6.10 Å². The van der Waals surface area contributed by atoms with E-state index in [0.29, 0.717) is 0 Å². The predicted octanol–water partition coefficient (Wildman–Crippen LogP) is 1.88. The molecule has 1 N–H and O–H groups in total. The number of likely N-dealkylation sites (tertiary alicyclic amines) is 1. The maximum Gasteiger partial charge on any atom is 0.0664 e. The van der Waals surface area contributed by atoms with E-state index in [9.17, 15) is 5.11 Å². The maximum atomic E-state index is 9.28. The third-order valence-corrected chi connectivity index (χ3v) is 2.14. The molecular formula is C10H23NO. The zero-order valence-corrected chi connectivity index (χ0v) is 8.71. The standard InChI is InChI=1S/C8H17NO.C2H6/c1-2-8(10)7-9-5-3-4-6-9;1-2/h8,10H,2-7H2,1H3;1-2H3. The fourth-order valence-corrected chi connectivity index (χ4v) is 1.39. The lowest BCUT2D eigenvalue weighted by Crippen LogP contribution is -2.29. The topological polar surface area (TPSA) is 23.5 Å². The highest BCUT2D eigenvalue weighted by Crippen LogP contribution is 2.08. The molecule has 1 unspecified atom stereocenters. The quantitative estimate of drug-likeness (QED) is 0.704. The van der Waals surface area contributed by atoms with Crippen molar-refractivity contribution in [2.24, 2.45) is 0 Å². The summed E-state index contributed by atoms with van der Waals surface area (Å²) in [6, 6.07) is 0. The number of rotatable bonds is 3. The van der Waals surface area contributed by atoms with Crippen LogP contribution in [0, 0.1) is 0 Å². The molecule has 0 aromatic carbocycles. The molecule has 1 rings (SSSR count). The number of β-amino-alcohol motifs (C(OH)–C–C–N with tert-alkyl or cyclic N) is 1. The molecule has 74 valence electrons. The first-order valence-electron chi connectivity index (χ1n) is 5.23. The van der Waals surface area contributed by atoms with Crippen molar-refractivity contribution in [3.05, 3.63) is 0 Å². The first-order valence-corrected chi connectivity index (χ1v) is 5.23. The Balaban J connectivity index is 0.000000561. The molecule has 0 bridgehead atoms. The van der Waals surface area contributed by atoms with Crippen LogP contribution in [0.25, 0.3) is 0 Å². The van der Waals surface area contributed by atoms with Gasteiger partial charge in [-0.05, 0) is 32.4 Å². The van der Waals surface area contributed by atoms with Crippen molar-refractivity contribution in [1.82, 2.24) is 4.90 Å². The van der Waals surface area contributed by atoms with Gasteiger partial charge in [0.1, 0.15) is 0 Å². The first kappa shape index (κ1) is 11.9. The van der Waals surface area contributed by atoms with Crippen LogP contribution in [0.1, 0.15) is 40.0 Å². The van der Waals surface area contributed by atoms with Crippen molar-refractivity contribution in [1.29, 1.82) is 0 Å². The van der Waals surface area contributed by atoms with E-state index in [1.807, 2.05) is 20.8 Å². The molecule has 0 spiro atoms. The van der Waals surface area contributed by atoms with Crippen molar-refractivity contribution >= 4 is 0 Å². The minimum Gasteiger partial charge on any atom is -0.392 e. The van der Waals surface area contributed by atoms with E-state index in [2.05, 4.69) is 4.90 Å². The summed E-state index contributed by atoms with van der Waals surface area (Å²) in [5.74, 6) is 0. The van der Waals surface area contributed by atoms with Crippen molar-refractivity contribution in [3.63, 3.8) is 0 Å². The predicted molar refractivity (Wildman–Crippen MR) is 53.3 cm³/mol. The van der Waals surface area contributed by atoms with Crippen LogP contribution in [0.3, 0.4) is 0 Å². The normalized spacial score (nSPS) is 20.0. The summed E-state index contributed by atoms with van der Waals surface area (Å²) in [6.45, 7) is 9.30. The summed E-state index contributed by atoms with van der Waals surface area (Å²) in [7, 11) is 0. The Labute approximate surface area is 76.6 Å². The smallest absolute Gasteiger partial charge is 0.0664 e. The molecule has 1 aliphatic rings. The van der Waals surface area contributed by atoms with E-state index in [0.717, 1.165) is 13.0 Å². The van der Waals surface area contributed by atoms with Gasteiger partial charge in [-0.25, -0.2) is 0 Å². The van der Waals surface area contributed by atoms with E-state index in [1.54, 1.807) is 0 Å². The Morgan fingerprint density at radius 2 is 1.75 bits per heavy atom. The molecule has 0 aliphatic carbocycles. The maximum absolute atomic E-state index is 9.28. The molecule has 2 heteroatoms. The summed E-state index contributed by atoms with van der Waals surface area (Å²) >= 11 is 0. The molecule has 12 heavy (non-hydrogen) atoms. The Bertz CT molecular complexity index is 89.8. The molecule has 0 amide bonds. The third-order valence-electron chi connectivity index (χ3n) is 2.14. The third kappa shape index (κ3) is 4.73. The first-order chi connectivity index (χ1) is 5.83. The number of aliphatic hydroxyl groups is 1. The second-order valence-electron chi connectivity index (χ2n) is 3.07. The highest BCUT2D eigenvalue weighted by atomic mass is 16.3. The van der Waals surface area contributed by atoms with Crippen LogP contribution in [0.5, 0.6) is 0 Å². The molecule has 0 aromatic heterocycles. The number of hydrogen-bond acceptors (Lipinski definition) is 2. The van der Waals surface area contributed by atoms with E-state index >= 15 is 0 Å². The summed E-state index contributed by atoms with van der Waals surface area (Å²) in [5.41, 5.74) is 0. The second kappa shape index (κ2) is 7.56. The van der Waals surface area contributed by atoms with Crippen molar-refractivity contribution < 1.29 is 5.11 Å². The van der Waals surface area contributed by atoms with Crippen molar-refractivity contribution in [2.75, 3.05) is 19.6 Å². The van der Waals surface area contributed by atoms with E-state index < -0.39 is 0 Å². The molecule has 2 nitrogen and oxygen atoms in total. The Hall–Kier alpha value is -0.0800. The number of aliphatic hydroxyl groups excluding tert-OH is 1. The monoisotopic (exact) mass is 173 g/mol. The summed E-state index contributed by atoms with van der Waals surface area (Å²) in [5, 5.41) is 9.28. The molecule has 1 heterocycles. The number of hydrogen-bond donors (Lipinski definition) is 1. The summed E-state index contributed by atoms with van der Waals surface area (Å²) in [6.07, 6.45) is 3.42.